The van der Waals surface area contributed by atoms with Crippen LogP contribution in [-0.4, -0.2) is 18.4 Å². The van der Waals surface area contributed by atoms with Crippen molar-refractivity contribution in [2.45, 2.75) is 19.3 Å². The lowest BCUT2D eigenvalue weighted by atomic mass is 10.0. The number of carbonyl (C=O) groups is 2. The summed E-state index contributed by atoms with van der Waals surface area (Å²) in [4.78, 5) is 27.1. The molecule has 0 radical (unpaired) electrons. The van der Waals surface area contributed by atoms with Crippen LogP contribution in [0.25, 0.3) is 10.8 Å². The van der Waals surface area contributed by atoms with Crippen LogP contribution in [0.4, 0.5) is 11.4 Å². The van der Waals surface area contributed by atoms with Crippen LogP contribution in [0.3, 0.4) is 0 Å². The van der Waals surface area contributed by atoms with Crippen molar-refractivity contribution in [1.29, 1.82) is 0 Å². The van der Waals surface area contributed by atoms with Gasteiger partial charge in [-0.2, -0.15) is 0 Å². The first-order valence-corrected chi connectivity index (χ1v) is 9.40. The summed E-state index contributed by atoms with van der Waals surface area (Å²) in [6.45, 7) is 0.427. The summed E-state index contributed by atoms with van der Waals surface area (Å²) >= 11 is 0. The van der Waals surface area contributed by atoms with Gasteiger partial charge < -0.3 is 10.2 Å². The predicted molar refractivity (Wildman–Crippen MR) is 107 cm³/mol. The number of para-hydroxylation sites is 1. The second-order valence-corrected chi connectivity index (χ2v) is 7.34. The lowest BCUT2D eigenvalue weighted by Crippen LogP contribution is -2.28. The van der Waals surface area contributed by atoms with E-state index in [-0.39, 0.29) is 24.2 Å². The Labute approximate surface area is 157 Å². The molecule has 4 nitrogen and oxygen atoms in total. The molecule has 1 N–H and O–H groups in total. The number of carbonyl (C=O) groups excluding carboxylic acids is 2. The summed E-state index contributed by atoms with van der Waals surface area (Å²) in [5.74, 6) is -0.411. The Balaban J connectivity index is 1.43. The van der Waals surface area contributed by atoms with E-state index in [4.69, 9.17) is 0 Å². The Bertz CT molecular complexity index is 1050. The van der Waals surface area contributed by atoms with Gasteiger partial charge in [-0.05, 0) is 47.6 Å². The number of nitrogens with one attached hydrogen (secondary N) is 1. The van der Waals surface area contributed by atoms with Crippen molar-refractivity contribution in [3.05, 3.63) is 71.8 Å². The van der Waals surface area contributed by atoms with E-state index < -0.39 is 0 Å². The quantitative estimate of drug-likeness (QED) is 0.773. The smallest absolute Gasteiger partial charge is 0.229 e. The summed E-state index contributed by atoms with van der Waals surface area (Å²) in [7, 11) is 0. The number of hydrogen-bond acceptors (Lipinski definition) is 2. The third-order valence-corrected chi connectivity index (χ3v) is 5.68. The van der Waals surface area contributed by atoms with Gasteiger partial charge >= 0.3 is 0 Å². The SMILES string of the molecule is O=C(Nc1ccccc1)[C@@H]1CC(=O)N(c2ccc3c4c(cccc24)CC3)C1. The normalized spacial score (nSPS) is 18.3. The molecule has 0 saturated carbocycles. The van der Waals surface area contributed by atoms with Crippen molar-refractivity contribution in [3.63, 3.8) is 0 Å². The number of rotatable bonds is 3. The second-order valence-electron chi connectivity index (χ2n) is 7.34. The fraction of sp³-hybridized carbons (Fsp3) is 0.217. The molecule has 1 fully saturated rings. The van der Waals surface area contributed by atoms with Gasteiger partial charge in [-0.3, -0.25) is 9.59 Å². The zero-order valence-electron chi connectivity index (χ0n) is 14.9. The summed E-state index contributed by atoms with van der Waals surface area (Å²) in [6, 6.07) is 19.9. The van der Waals surface area contributed by atoms with Crippen LogP contribution in [-0.2, 0) is 22.4 Å². The Kier molecular flexibility index (Phi) is 3.71. The van der Waals surface area contributed by atoms with E-state index in [1.807, 2.05) is 36.4 Å². The van der Waals surface area contributed by atoms with E-state index in [0.717, 1.165) is 29.6 Å². The van der Waals surface area contributed by atoms with E-state index in [2.05, 4.69) is 29.6 Å². The molecule has 3 aromatic carbocycles. The molecule has 4 heteroatoms. The highest BCUT2D eigenvalue weighted by molar-refractivity contribution is 6.09. The monoisotopic (exact) mass is 356 g/mol. The van der Waals surface area contributed by atoms with Crippen LogP contribution in [0.2, 0.25) is 0 Å². The molecule has 0 unspecified atom stereocenters. The van der Waals surface area contributed by atoms with Crippen LogP contribution in [0.1, 0.15) is 17.5 Å². The number of amides is 2. The maximum atomic E-state index is 12.7. The average molecular weight is 356 g/mol. The first kappa shape index (κ1) is 16.1. The molecule has 5 rings (SSSR count). The second kappa shape index (κ2) is 6.23. The molecule has 134 valence electrons. The molecule has 0 spiro atoms. The molecular weight excluding hydrogens is 336 g/mol. The van der Waals surface area contributed by atoms with Crippen LogP contribution < -0.4 is 10.2 Å². The largest absolute Gasteiger partial charge is 0.326 e. The number of aryl methyl sites for hydroxylation is 2. The minimum absolute atomic E-state index is 0.0157. The Morgan fingerprint density at radius 3 is 2.52 bits per heavy atom. The van der Waals surface area contributed by atoms with Crippen molar-refractivity contribution in [2.75, 3.05) is 16.8 Å². The van der Waals surface area contributed by atoms with Crippen LogP contribution in [0.5, 0.6) is 0 Å². The zero-order chi connectivity index (χ0) is 18.4. The fourth-order valence-corrected chi connectivity index (χ4v) is 4.35. The highest BCUT2D eigenvalue weighted by atomic mass is 16.2. The predicted octanol–water partition coefficient (Wildman–Crippen LogP) is 3.93. The lowest BCUT2D eigenvalue weighted by Gasteiger charge is -2.20. The Morgan fingerprint density at radius 1 is 0.926 bits per heavy atom. The molecular formula is C23H20N2O2. The minimum Gasteiger partial charge on any atom is -0.326 e. The van der Waals surface area contributed by atoms with Gasteiger partial charge in [-0.15, -0.1) is 0 Å². The summed E-state index contributed by atoms with van der Waals surface area (Å²) < 4.78 is 0. The number of hydrogen-bond donors (Lipinski definition) is 1. The standard InChI is InChI=1S/C23H20N2O2/c26-21-13-17(23(27)24-18-6-2-1-3-7-18)14-25(21)20-12-11-16-10-9-15-5-4-8-19(20)22(15)16/h1-8,11-12,17H,9-10,13-14H2,(H,24,27)/t17-/m1/s1. The van der Waals surface area contributed by atoms with Crippen molar-refractivity contribution in [3.8, 4) is 0 Å². The molecule has 0 bridgehead atoms. The van der Waals surface area contributed by atoms with Crippen molar-refractivity contribution >= 4 is 34.0 Å². The molecule has 0 aromatic heterocycles. The molecule has 1 saturated heterocycles. The zero-order valence-corrected chi connectivity index (χ0v) is 14.9. The van der Waals surface area contributed by atoms with Gasteiger partial charge in [0.25, 0.3) is 0 Å². The number of nitrogens with zero attached hydrogens (tertiary/aromatic N) is 1. The molecule has 3 aromatic rings. The van der Waals surface area contributed by atoms with Crippen molar-refractivity contribution in [2.24, 2.45) is 5.92 Å². The van der Waals surface area contributed by atoms with E-state index in [1.165, 1.54) is 16.5 Å². The Morgan fingerprint density at radius 2 is 1.70 bits per heavy atom. The highest BCUT2D eigenvalue weighted by Crippen LogP contribution is 2.38. The van der Waals surface area contributed by atoms with Gasteiger partial charge in [0.2, 0.25) is 11.8 Å². The average Bonchev–Trinajstić information content (AvgIpc) is 3.28. The Hall–Kier alpha value is -3.14. The van der Waals surface area contributed by atoms with Crippen LogP contribution in [0, 0.1) is 5.92 Å². The van der Waals surface area contributed by atoms with Gasteiger partial charge in [-0.1, -0.05) is 42.5 Å². The van der Waals surface area contributed by atoms with Crippen molar-refractivity contribution in [1.82, 2.24) is 0 Å². The van der Waals surface area contributed by atoms with E-state index in [0.29, 0.717) is 6.54 Å². The molecule has 2 amide bonds. The molecule has 1 aliphatic heterocycles. The summed E-state index contributed by atoms with van der Waals surface area (Å²) in [6.07, 6.45) is 2.37. The molecule has 27 heavy (non-hydrogen) atoms. The summed E-state index contributed by atoms with van der Waals surface area (Å²) in [5.41, 5.74) is 4.40. The maximum Gasteiger partial charge on any atom is 0.229 e. The molecule has 2 aliphatic rings. The third-order valence-electron chi connectivity index (χ3n) is 5.68. The third kappa shape index (κ3) is 2.69. The van der Waals surface area contributed by atoms with Gasteiger partial charge in [-0.25, -0.2) is 0 Å². The first-order chi connectivity index (χ1) is 13.2. The van der Waals surface area contributed by atoms with Gasteiger partial charge in [0.1, 0.15) is 0 Å². The molecule has 1 aliphatic carbocycles. The lowest BCUT2D eigenvalue weighted by molar-refractivity contribution is -0.122. The van der Waals surface area contributed by atoms with Crippen LogP contribution in [0.15, 0.2) is 60.7 Å². The van der Waals surface area contributed by atoms with Gasteiger partial charge in [0, 0.05) is 24.0 Å². The van der Waals surface area contributed by atoms with Gasteiger partial charge in [0.15, 0.2) is 0 Å². The fourth-order valence-electron chi connectivity index (χ4n) is 4.35. The number of benzene rings is 3. The van der Waals surface area contributed by atoms with Crippen molar-refractivity contribution < 1.29 is 9.59 Å². The molecule has 1 heterocycles. The van der Waals surface area contributed by atoms with Gasteiger partial charge in [0.05, 0.1) is 11.6 Å². The van der Waals surface area contributed by atoms with Crippen LogP contribution >= 0.6 is 0 Å². The number of anilines is 2. The first-order valence-electron chi connectivity index (χ1n) is 9.40. The van der Waals surface area contributed by atoms with E-state index >= 15 is 0 Å². The van der Waals surface area contributed by atoms with E-state index in [9.17, 15) is 9.59 Å². The van der Waals surface area contributed by atoms with E-state index in [1.54, 1.807) is 4.90 Å². The topological polar surface area (TPSA) is 49.4 Å². The minimum atomic E-state index is -0.333. The molecule has 1 atom stereocenters. The highest BCUT2D eigenvalue weighted by Gasteiger charge is 2.36. The maximum absolute atomic E-state index is 12.7. The summed E-state index contributed by atoms with van der Waals surface area (Å²) in [5, 5.41) is 5.34.